The number of carbonyl (C=O) groups is 1. The van der Waals surface area contributed by atoms with E-state index in [9.17, 15) is 4.79 Å². The Labute approximate surface area is 74.9 Å². The molecule has 1 rings (SSSR count). The Morgan fingerprint density at radius 1 is 1.50 bits per heavy atom. The van der Waals surface area contributed by atoms with Crippen molar-refractivity contribution in [2.75, 3.05) is 13.1 Å². The second kappa shape index (κ2) is 4.48. The molecule has 0 aliphatic carbocycles. The second-order valence-electron chi connectivity index (χ2n) is 3.57. The minimum Gasteiger partial charge on any atom is -0.342 e. The van der Waals surface area contributed by atoms with Crippen molar-refractivity contribution in [1.29, 1.82) is 0 Å². The number of hydrogen-bond acceptors (Lipinski definition) is 1. The number of likely N-dealkylation sites (tertiary alicyclic amines) is 1. The van der Waals surface area contributed by atoms with Gasteiger partial charge < -0.3 is 4.90 Å². The highest BCUT2D eigenvalue weighted by Gasteiger charge is 2.25. The van der Waals surface area contributed by atoms with Crippen LogP contribution in [0.5, 0.6) is 0 Å². The van der Waals surface area contributed by atoms with Crippen LogP contribution < -0.4 is 0 Å². The maximum atomic E-state index is 11.7. The fourth-order valence-corrected chi connectivity index (χ4v) is 1.89. The van der Waals surface area contributed by atoms with Crippen LogP contribution in [-0.4, -0.2) is 23.9 Å². The Balaban J connectivity index is 2.47. The summed E-state index contributed by atoms with van der Waals surface area (Å²) >= 11 is 0. The van der Waals surface area contributed by atoms with Crippen LogP contribution in [0.2, 0.25) is 0 Å². The van der Waals surface area contributed by atoms with Crippen molar-refractivity contribution >= 4 is 5.91 Å². The van der Waals surface area contributed by atoms with E-state index in [1.54, 1.807) is 0 Å². The molecule has 0 radical (unpaired) electrons. The molecule has 12 heavy (non-hydrogen) atoms. The Hall–Kier alpha value is -0.530. The Kier molecular flexibility index (Phi) is 3.57. The van der Waals surface area contributed by atoms with E-state index >= 15 is 0 Å². The van der Waals surface area contributed by atoms with Gasteiger partial charge in [0.05, 0.1) is 0 Å². The quantitative estimate of drug-likeness (QED) is 0.633. The highest BCUT2D eigenvalue weighted by molar-refractivity contribution is 5.79. The van der Waals surface area contributed by atoms with E-state index in [1.807, 2.05) is 4.90 Å². The van der Waals surface area contributed by atoms with Gasteiger partial charge >= 0.3 is 0 Å². The van der Waals surface area contributed by atoms with Crippen LogP contribution in [0.3, 0.4) is 0 Å². The van der Waals surface area contributed by atoms with Gasteiger partial charge in [0.15, 0.2) is 0 Å². The summed E-state index contributed by atoms with van der Waals surface area (Å²) in [5, 5.41) is 0. The van der Waals surface area contributed by atoms with Crippen LogP contribution in [0.1, 0.15) is 39.5 Å². The van der Waals surface area contributed by atoms with Crippen LogP contribution in [0.4, 0.5) is 0 Å². The van der Waals surface area contributed by atoms with Crippen LogP contribution in [0.15, 0.2) is 0 Å². The fraction of sp³-hybridized carbons (Fsp3) is 0.900. The highest BCUT2D eigenvalue weighted by Crippen LogP contribution is 2.20. The predicted molar refractivity (Wildman–Crippen MR) is 49.9 cm³/mol. The average molecular weight is 169 g/mol. The number of rotatable bonds is 3. The zero-order valence-electron chi connectivity index (χ0n) is 8.18. The van der Waals surface area contributed by atoms with Gasteiger partial charge in [-0.3, -0.25) is 4.79 Å². The van der Waals surface area contributed by atoms with Crippen molar-refractivity contribution < 1.29 is 4.79 Å². The molecule has 1 amide bonds. The zero-order valence-corrected chi connectivity index (χ0v) is 8.18. The number of nitrogens with zero attached hydrogens (tertiary/aromatic N) is 1. The lowest BCUT2D eigenvalue weighted by atomic mass is 9.94. The van der Waals surface area contributed by atoms with E-state index in [1.165, 1.54) is 6.42 Å². The van der Waals surface area contributed by atoms with E-state index in [2.05, 4.69) is 13.8 Å². The standard InChI is InChI=1S/C10H19NO/c1-3-7-11-8-5-6-9(4-2)10(11)12/h9H,3-8H2,1-2H3. The smallest absolute Gasteiger partial charge is 0.225 e. The third kappa shape index (κ3) is 1.99. The first kappa shape index (κ1) is 9.56. The molecule has 1 heterocycles. The summed E-state index contributed by atoms with van der Waals surface area (Å²) in [4.78, 5) is 13.7. The first-order valence-electron chi connectivity index (χ1n) is 5.08. The van der Waals surface area contributed by atoms with Gasteiger partial charge in [-0.2, -0.15) is 0 Å². The van der Waals surface area contributed by atoms with Gasteiger partial charge in [-0.25, -0.2) is 0 Å². The van der Waals surface area contributed by atoms with E-state index < -0.39 is 0 Å². The molecule has 70 valence electrons. The highest BCUT2D eigenvalue weighted by atomic mass is 16.2. The van der Waals surface area contributed by atoms with Gasteiger partial charge in [0, 0.05) is 19.0 Å². The van der Waals surface area contributed by atoms with E-state index in [-0.39, 0.29) is 0 Å². The Bertz CT molecular complexity index is 154. The topological polar surface area (TPSA) is 20.3 Å². The molecule has 1 fully saturated rings. The van der Waals surface area contributed by atoms with Crippen molar-refractivity contribution in [3.63, 3.8) is 0 Å². The molecule has 0 bridgehead atoms. The van der Waals surface area contributed by atoms with E-state index in [0.717, 1.165) is 32.4 Å². The molecule has 0 aromatic rings. The molecule has 2 nitrogen and oxygen atoms in total. The van der Waals surface area contributed by atoms with Gasteiger partial charge in [0.1, 0.15) is 0 Å². The summed E-state index contributed by atoms with van der Waals surface area (Å²) in [5.41, 5.74) is 0. The number of piperidine rings is 1. The zero-order chi connectivity index (χ0) is 8.97. The van der Waals surface area contributed by atoms with Gasteiger partial charge in [0.2, 0.25) is 5.91 Å². The first-order valence-corrected chi connectivity index (χ1v) is 5.08. The molecule has 2 heteroatoms. The van der Waals surface area contributed by atoms with Crippen molar-refractivity contribution in [2.24, 2.45) is 5.92 Å². The summed E-state index contributed by atoms with van der Waals surface area (Å²) in [5.74, 6) is 0.718. The Morgan fingerprint density at radius 3 is 2.83 bits per heavy atom. The average Bonchev–Trinajstić information content (AvgIpc) is 2.09. The van der Waals surface area contributed by atoms with Gasteiger partial charge in [-0.15, -0.1) is 0 Å². The molecule has 0 aromatic heterocycles. The van der Waals surface area contributed by atoms with Crippen molar-refractivity contribution in [3.05, 3.63) is 0 Å². The lowest BCUT2D eigenvalue weighted by Crippen LogP contribution is -2.41. The van der Waals surface area contributed by atoms with Crippen molar-refractivity contribution in [2.45, 2.75) is 39.5 Å². The largest absolute Gasteiger partial charge is 0.342 e. The second-order valence-corrected chi connectivity index (χ2v) is 3.57. The maximum absolute atomic E-state index is 11.7. The van der Waals surface area contributed by atoms with Crippen molar-refractivity contribution in [1.82, 2.24) is 4.90 Å². The molecule has 1 aliphatic rings. The fourth-order valence-electron chi connectivity index (χ4n) is 1.89. The number of amides is 1. The molecule has 1 unspecified atom stereocenters. The van der Waals surface area contributed by atoms with Crippen LogP contribution >= 0.6 is 0 Å². The third-order valence-electron chi connectivity index (χ3n) is 2.63. The summed E-state index contributed by atoms with van der Waals surface area (Å²) in [6, 6.07) is 0. The van der Waals surface area contributed by atoms with E-state index in [4.69, 9.17) is 0 Å². The van der Waals surface area contributed by atoms with Gasteiger partial charge in [-0.05, 0) is 25.7 Å². The minimum absolute atomic E-state index is 0.324. The molecule has 0 aromatic carbocycles. The molecule has 0 N–H and O–H groups in total. The van der Waals surface area contributed by atoms with Gasteiger partial charge in [-0.1, -0.05) is 13.8 Å². The van der Waals surface area contributed by atoms with Crippen LogP contribution in [-0.2, 0) is 4.79 Å². The molecule has 1 atom stereocenters. The van der Waals surface area contributed by atoms with Crippen LogP contribution in [0, 0.1) is 5.92 Å². The maximum Gasteiger partial charge on any atom is 0.225 e. The summed E-state index contributed by atoms with van der Waals surface area (Å²) in [7, 11) is 0. The van der Waals surface area contributed by atoms with Crippen molar-refractivity contribution in [3.8, 4) is 0 Å². The molecular formula is C10H19NO. The molecular weight excluding hydrogens is 150 g/mol. The summed E-state index contributed by atoms with van der Waals surface area (Å²) in [6.07, 6.45) is 4.40. The lowest BCUT2D eigenvalue weighted by molar-refractivity contribution is -0.138. The van der Waals surface area contributed by atoms with Gasteiger partial charge in [0.25, 0.3) is 0 Å². The Morgan fingerprint density at radius 2 is 2.25 bits per heavy atom. The molecule has 1 aliphatic heterocycles. The lowest BCUT2D eigenvalue weighted by Gasteiger charge is -2.31. The summed E-state index contributed by atoms with van der Waals surface area (Å²) < 4.78 is 0. The number of carbonyl (C=O) groups excluding carboxylic acids is 1. The molecule has 0 saturated carbocycles. The predicted octanol–water partition coefficient (Wildman–Crippen LogP) is 2.04. The molecule has 1 saturated heterocycles. The number of hydrogen-bond donors (Lipinski definition) is 0. The third-order valence-corrected chi connectivity index (χ3v) is 2.63. The minimum atomic E-state index is 0.324. The SMILES string of the molecule is CCCN1CCCC(CC)C1=O. The first-order chi connectivity index (χ1) is 5.79. The normalized spacial score (nSPS) is 24.7. The van der Waals surface area contributed by atoms with E-state index in [0.29, 0.717) is 11.8 Å². The van der Waals surface area contributed by atoms with Crippen LogP contribution in [0.25, 0.3) is 0 Å². The molecule has 0 spiro atoms. The summed E-state index contributed by atoms with van der Waals surface area (Å²) in [6.45, 7) is 6.18. The monoisotopic (exact) mass is 169 g/mol.